The van der Waals surface area contributed by atoms with Crippen molar-refractivity contribution in [1.82, 2.24) is 15.5 Å². The predicted molar refractivity (Wildman–Crippen MR) is 158 cm³/mol. The molecule has 1 fully saturated rings. The van der Waals surface area contributed by atoms with Gasteiger partial charge in [-0.1, -0.05) is 24.3 Å². The number of carbonyl (C=O) groups excluding carboxylic acids is 2. The number of nitrogens with one attached hydrogen (secondary N) is 2. The molecule has 3 aromatic rings. The normalized spacial score (nSPS) is 15.2. The number of anilines is 1. The molecule has 2 N–H and O–H groups in total. The van der Waals surface area contributed by atoms with Gasteiger partial charge < -0.3 is 29.7 Å². The van der Waals surface area contributed by atoms with E-state index in [0.717, 1.165) is 48.1 Å². The molecule has 2 amide bonds. The van der Waals surface area contributed by atoms with Crippen molar-refractivity contribution in [3.8, 4) is 17.2 Å². The van der Waals surface area contributed by atoms with Crippen LogP contribution in [0.4, 0.5) is 5.69 Å². The molecular formula is C30H38N4O5S. The van der Waals surface area contributed by atoms with Gasteiger partial charge in [-0.05, 0) is 54.6 Å². The molecule has 0 bridgehead atoms. The number of piperazine rings is 1. The van der Waals surface area contributed by atoms with Crippen molar-refractivity contribution in [2.75, 3.05) is 59.0 Å². The molecule has 4 rings (SSSR count). The van der Waals surface area contributed by atoms with E-state index < -0.39 is 11.8 Å². The van der Waals surface area contributed by atoms with Crippen LogP contribution in [0.2, 0.25) is 0 Å². The quantitative estimate of drug-likeness (QED) is 0.343. The Kier molecular flexibility index (Phi) is 10.3. The molecule has 2 atom stereocenters. The molecule has 0 saturated carbocycles. The first-order valence-corrected chi connectivity index (χ1v) is 14.3. The van der Waals surface area contributed by atoms with Gasteiger partial charge in [0.25, 0.3) is 0 Å². The maximum Gasteiger partial charge on any atom is 0.309 e. The first kappa shape index (κ1) is 29.2. The molecule has 0 radical (unpaired) electrons. The Bertz CT molecular complexity index is 1260. The number of rotatable bonds is 11. The van der Waals surface area contributed by atoms with Gasteiger partial charge in [-0.3, -0.25) is 14.5 Å². The van der Waals surface area contributed by atoms with Crippen LogP contribution in [-0.2, 0) is 16.0 Å². The highest BCUT2D eigenvalue weighted by Crippen LogP contribution is 2.33. The summed E-state index contributed by atoms with van der Waals surface area (Å²) >= 11 is 1.66. The summed E-state index contributed by atoms with van der Waals surface area (Å²) in [6, 6.07) is 17.5. The Hall–Kier alpha value is -3.76. The lowest BCUT2D eigenvalue weighted by atomic mass is 10.0. The molecule has 40 heavy (non-hydrogen) atoms. The third-order valence-corrected chi connectivity index (χ3v) is 8.10. The largest absolute Gasteiger partial charge is 0.495 e. The predicted octanol–water partition coefficient (Wildman–Crippen LogP) is 3.50. The number of hydrogen-bond donors (Lipinski definition) is 2. The zero-order valence-corrected chi connectivity index (χ0v) is 24.3. The van der Waals surface area contributed by atoms with Crippen LogP contribution in [-0.4, -0.2) is 76.8 Å². The number of thiophene rings is 1. The molecule has 1 aliphatic heterocycles. The fourth-order valence-corrected chi connectivity index (χ4v) is 6.09. The van der Waals surface area contributed by atoms with E-state index in [-0.39, 0.29) is 12.1 Å². The van der Waals surface area contributed by atoms with Gasteiger partial charge in [0.15, 0.2) is 11.5 Å². The standard InChI is InChI=1S/C30H38N4O5S/c1-21(32-30(36)29(35)31-14-13-22-11-12-25(38-3)26(20-22)39-4)28(27-10-7-19-40-27)34-17-15-33(16-18-34)23-8-5-6-9-24(23)37-2/h5-12,19-21,28H,13-18H2,1-4H3,(H,31,35)(H,32,36)/t21-,28+/m0/s1. The summed E-state index contributed by atoms with van der Waals surface area (Å²) in [6.07, 6.45) is 0.559. The molecule has 0 spiro atoms. The number of nitrogens with zero attached hydrogens (tertiary/aromatic N) is 2. The molecule has 1 saturated heterocycles. The minimum absolute atomic E-state index is 0.0386. The van der Waals surface area contributed by atoms with Crippen LogP contribution in [0, 0.1) is 0 Å². The number of hydrogen-bond acceptors (Lipinski definition) is 8. The van der Waals surface area contributed by atoms with Crippen molar-refractivity contribution >= 4 is 28.8 Å². The van der Waals surface area contributed by atoms with Crippen molar-refractivity contribution in [2.24, 2.45) is 0 Å². The van der Waals surface area contributed by atoms with E-state index in [1.165, 1.54) is 0 Å². The zero-order chi connectivity index (χ0) is 28.5. The zero-order valence-electron chi connectivity index (χ0n) is 23.5. The van der Waals surface area contributed by atoms with E-state index in [1.807, 2.05) is 54.8 Å². The summed E-state index contributed by atoms with van der Waals surface area (Å²) in [5, 5.41) is 7.73. The second-order valence-electron chi connectivity index (χ2n) is 9.61. The van der Waals surface area contributed by atoms with E-state index in [9.17, 15) is 9.59 Å². The molecule has 214 valence electrons. The summed E-state index contributed by atoms with van der Waals surface area (Å²) in [5.41, 5.74) is 2.06. The van der Waals surface area contributed by atoms with Crippen molar-refractivity contribution in [2.45, 2.75) is 25.4 Å². The molecule has 1 aliphatic rings. The van der Waals surface area contributed by atoms with Crippen LogP contribution in [0.3, 0.4) is 0 Å². The summed E-state index contributed by atoms with van der Waals surface area (Å²) in [5.74, 6) is 0.863. The van der Waals surface area contributed by atoms with Crippen molar-refractivity contribution in [3.63, 3.8) is 0 Å². The lowest BCUT2D eigenvalue weighted by molar-refractivity contribution is -0.139. The van der Waals surface area contributed by atoms with E-state index in [0.29, 0.717) is 24.5 Å². The molecule has 9 nitrogen and oxygen atoms in total. The fraction of sp³-hybridized carbons (Fsp3) is 0.400. The van der Waals surface area contributed by atoms with E-state index in [1.54, 1.807) is 32.7 Å². The Balaban J connectivity index is 1.33. The van der Waals surface area contributed by atoms with Gasteiger partial charge in [0, 0.05) is 43.6 Å². The van der Waals surface area contributed by atoms with Gasteiger partial charge in [-0.15, -0.1) is 11.3 Å². The second kappa shape index (κ2) is 14.0. The highest BCUT2D eigenvalue weighted by Gasteiger charge is 2.32. The number of carbonyl (C=O) groups is 2. The van der Waals surface area contributed by atoms with Gasteiger partial charge >= 0.3 is 11.8 Å². The lowest BCUT2D eigenvalue weighted by Gasteiger charge is -2.42. The van der Waals surface area contributed by atoms with Gasteiger partial charge in [0.1, 0.15) is 5.75 Å². The maximum atomic E-state index is 12.8. The van der Waals surface area contributed by atoms with Crippen LogP contribution in [0.5, 0.6) is 17.2 Å². The minimum Gasteiger partial charge on any atom is -0.495 e. The van der Waals surface area contributed by atoms with E-state index in [4.69, 9.17) is 14.2 Å². The van der Waals surface area contributed by atoms with Crippen molar-refractivity contribution in [3.05, 3.63) is 70.4 Å². The first-order valence-electron chi connectivity index (χ1n) is 13.4. The average molecular weight is 567 g/mol. The smallest absolute Gasteiger partial charge is 0.309 e. The summed E-state index contributed by atoms with van der Waals surface area (Å²) in [6.45, 7) is 5.59. The van der Waals surface area contributed by atoms with Crippen molar-refractivity contribution < 1.29 is 23.8 Å². The summed E-state index contributed by atoms with van der Waals surface area (Å²) in [7, 11) is 4.86. The Morgan fingerprint density at radius 1 is 0.875 bits per heavy atom. The van der Waals surface area contributed by atoms with Gasteiger partial charge in [-0.2, -0.15) is 0 Å². The van der Waals surface area contributed by atoms with E-state index >= 15 is 0 Å². The van der Waals surface area contributed by atoms with Crippen LogP contribution in [0.25, 0.3) is 0 Å². The number of para-hydroxylation sites is 2. The minimum atomic E-state index is -0.641. The average Bonchev–Trinajstić information content (AvgIpc) is 3.51. The second-order valence-corrected chi connectivity index (χ2v) is 10.6. The summed E-state index contributed by atoms with van der Waals surface area (Å²) in [4.78, 5) is 31.4. The van der Waals surface area contributed by atoms with Crippen LogP contribution >= 0.6 is 11.3 Å². The van der Waals surface area contributed by atoms with Gasteiger partial charge in [0.05, 0.1) is 33.1 Å². The Morgan fingerprint density at radius 3 is 2.27 bits per heavy atom. The molecule has 0 unspecified atom stereocenters. The molecule has 0 aliphatic carbocycles. The van der Waals surface area contributed by atoms with Crippen LogP contribution in [0.15, 0.2) is 60.0 Å². The Labute approximate surface area is 240 Å². The van der Waals surface area contributed by atoms with E-state index in [2.05, 4.69) is 32.6 Å². The number of ether oxygens (including phenoxy) is 3. The van der Waals surface area contributed by atoms with Crippen LogP contribution < -0.4 is 29.7 Å². The SMILES string of the molecule is COc1ccc(CCNC(=O)C(=O)N[C@@H](C)[C@H](c2cccs2)N2CCN(c3ccccc3OC)CC2)cc1OC. The molecule has 2 aromatic carbocycles. The molecule has 2 heterocycles. The lowest BCUT2D eigenvalue weighted by Crippen LogP contribution is -2.53. The van der Waals surface area contributed by atoms with Gasteiger partial charge in [-0.25, -0.2) is 0 Å². The first-order chi connectivity index (χ1) is 19.4. The fourth-order valence-electron chi connectivity index (χ4n) is 5.12. The van der Waals surface area contributed by atoms with Gasteiger partial charge in [0.2, 0.25) is 0 Å². The topological polar surface area (TPSA) is 92.4 Å². The maximum absolute atomic E-state index is 12.8. The number of benzene rings is 2. The molecule has 10 heteroatoms. The molecule has 1 aromatic heterocycles. The number of amides is 2. The monoisotopic (exact) mass is 566 g/mol. The Morgan fingerprint density at radius 2 is 1.60 bits per heavy atom. The molecular weight excluding hydrogens is 528 g/mol. The highest BCUT2D eigenvalue weighted by atomic mass is 32.1. The summed E-state index contributed by atoms with van der Waals surface area (Å²) < 4.78 is 16.2. The third-order valence-electron chi connectivity index (χ3n) is 7.15. The highest BCUT2D eigenvalue weighted by molar-refractivity contribution is 7.10. The number of methoxy groups -OCH3 is 3. The van der Waals surface area contributed by atoms with Crippen molar-refractivity contribution in [1.29, 1.82) is 0 Å². The third kappa shape index (κ3) is 7.05. The van der Waals surface area contributed by atoms with Crippen LogP contribution in [0.1, 0.15) is 23.4 Å².